The van der Waals surface area contributed by atoms with Crippen molar-refractivity contribution in [1.29, 1.82) is 0 Å². The Labute approximate surface area is 147 Å². The lowest BCUT2D eigenvalue weighted by Crippen LogP contribution is -2.27. The number of aromatic nitrogens is 1. The molecule has 3 rings (SSSR count). The molecule has 2 aromatic rings. The van der Waals surface area contributed by atoms with Crippen molar-refractivity contribution in [3.8, 4) is 11.6 Å². The molecule has 0 radical (unpaired) electrons. The number of carbonyl (C=O) groups is 1. The lowest BCUT2D eigenvalue weighted by atomic mass is 10.1. The van der Waals surface area contributed by atoms with Gasteiger partial charge in [0.1, 0.15) is 10.6 Å². The molecule has 0 atom stereocenters. The highest BCUT2D eigenvalue weighted by molar-refractivity contribution is 7.89. The molecule has 6 nitrogen and oxygen atoms in total. The largest absolute Gasteiger partial charge is 0.439 e. The molecule has 0 saturated carbocycles. The third kappa shape index (κ3) is 3.88. The third-order valence-corrected chi connectivity index (χ3v) is 6.01. The van der Waals surface area contributed by atoms with Crippen LogP contribution in [0.2, 0.25) is 0 Å². The van der Waals surface area contributed by atoms with E-state index in [1.54, 1.807) is 24.3 Å². The normalized spacial score (nSPS) is 15.2. The van der Waals surface area contributed by atoms with Crippen molar-refractivity contribution in [2.24, 2.45) is 0 Å². The number of ether oxygens (including phenoxy) is 1. The van der Waals surface area contributed by atoms with Crippen LogP contribution >= 0.6 is 0 Å². The van der Waals surface area contributed by atoms with E-state index in [2.05, 4.69) is 4.98 Å². The summed E-state index contributed by atoms with van der Waals surface area (Å²) in [6.45, 7) is 2.93. The maximum Gasteiger partial charge on any atom is 0.244 e. The highest BCUT2D eigenvalue weighted by Gasteiger charge is 2.27. The number of hydrogen-bond donors (Lipinski definition) is 0. The van der Waals surface area contributed by atoms with E-state index < -0.39 is 10.0 Å². The van der Waals surface area contributed by atoms with E-state index in [0.29, 0.717) is 36.7 Å². The SMILES string of the molecule is CCC(=O)c1ccc(Oc2ccc(S(=O)(=O)N3CCCC3)cn2)cc1. The van der Waals surface area contributed by atoms with Crippen molar-refractivity contribution in [1.82, 2.24) is 9.29 Å². The Kier molecular flexibility index (Phi) is 5.15. The Hall–Kier alpha value is -2.25. The molecule has 0 amide bonds. The predicted octanol–water partition coefficient (Wildman–Crippen LogP) is 3.25. The number of sulfonamides is 1. The summed E-state index contributed by atoms with van der Waals surface area (Å²) in [5, 5.41) is 0. The van der Waals surface area contributed by atoms with Crippen molar-refractivity contribution in [3.63, 3.8) is 0 Å². The second-order valence-corrected chi connectivity index (χ2v) is 7.78. The van der Waals surface area contributed by atoms with Gasteiger partial charge in [-0.05, 0) is 43.2 Å². The highest BCUT2D eigenvalue weighted by Crippen LogP contribution is 2.24. The van der Waals surface area contributed by atoms with E-state index in [0.717, 1.165) is 12.8 Å². The molecule has 0 bridgehead atoms. The quantitative estimate of drug-likeness (QED) is 0.739. The number of hydrogen-bond acceptors (Lipinski definition) is 5. The molecule has 1 aromatic heterocycles. The van der Waals surface area contributed by atoms with Gasteiger partial charge in [-0.1, -0.05) is 6.92 Å². The number of carbonyl (C=O) groups excluding carboxylic acids is 1. The van der Waals surface area contributed by atoms with Crippen molar-refractivity contribution in [3.05, 3.63) is 48.2 Å². The van der Waals surface area contributed by atoms with Crippen molar-refractivity contribution >= 4 is 15.8 Å². The molecule has 7 heteroatoms. The van der Waals surface area contributed by atoms with E-state index in [9.17, 15) is 13.2 Å². The molecule has 1 fully saturated rings. The lowest BCUT2D eigenvalue weighted by Gasteiger charge is -2.15. The Morgan fingerprint density at radius 1 is 1.12 bits per heavy atom. The number of benzene rings is 1. The van der Waals surface area contributed by atoms with Gasteiger partial charge in [0.15, 0.2) is 5.78 Å². The minimum Gasteiger partial charge on any atom is -0.439 e. The minimum atomic E-state index is -3.47. The molecule has 2 heterocycles. The van der Waals surface area contributed by atoms with Gasteiger partial charge in [-0.2, -0.15) is 4.31 Å². The molecule has 0 aliphatic carbocycles. The van der Waals surface area contributed by atoms with Crippen LogP contribution < -0.4 is 4.74 Å². The highest BCUT2D eigenvalue weighted by atomic mass is 32.2. The van der Waals surface area contributed by atoms with E-state index in [-0.39, 0.29) is 10.7 Å². The summed E-state index contributed by atoms with van der Waals surface area (Å²) in [7, 11) is -3.47. The monoisotopic (exact) mass is 360 g/mol. The molecule has 0 N–H and O–H groups in total. The summed E-state index contributed by atoms with van der Waals surface area (Å²) in [6.07, 6.45) is 3.56. The summed E-state index contributed by atoms with van der Waals surface area (Å²) in [5.41, 5.74) is 0.634. The molecular formula is C18H20N2O4S. The van der Waals surface area contributed by atoms with Gasteiger partial charge in [-0.15, -0.1) is 0 Å². The van der Waals surface area contributed by atoms with Gasteiger partial charge in [-0.25, -0.2) is 13.4 Å². The first-order valence-electron chi connectivity index (χ1n) is 8.28. The fourth-order valence-corrected chi connectivity index (χ4v) is 4.15. The molecular weight excluding hydrogens is 340 g/mol. The maximum atomic E-state index is 12.4. The summed E-state index contributed by atoms with van der Waals surface area (Å²) in [5.74, 6) is 0.909. The maximum absolute atomic E-state index is 12.4. The first-order valence-corrected chi connectivity index (χ1v) is 9.72. The van der Waals surface area contributed by atoms with Gasteiger partial charge < -0.3 is 4.74 Å². The second kappa shape index (κ2) is 7.33. The first-order chi connectivity index (χ1) is 12.0. The van der Waals surface area contributed by atoms with Crippen molar-refractivity contribution < 1.29 is 17.9 Å². The molecule has 1 aliphatic heterocycles. The van der Waals surface area contributed by atoms with Crippen LogP contribution in [0.1, 0.15) is 36.5 Å². The zero-order valence-electron chi connectivity index (χ0n) is 14.0. The predicted molar refractivity (Wildman–Crippen MR) is 93.4 cm³/mol. The molecule has 1 aromatic carbocycles. The standard InChI is InChI=1S/C18H20N2O4S/c1-2-17(21)14-5-7-15(8-6-14)24-18-10-9-16(13-19-18)25(22,23)20-11-3-4-12-20/h5-10,13H,2-4,11-12H2,1H3. The zero-order chi connectivity index (χ0) is 17.9. The van der Waals surface area contributed by atoms with Crippen molar-refractivity contribution in [2.45, 2.75) is 31.1 Å². The lowest BCUT2D eigenvalue weighted by molar-refractivity contribution is 0.0988. The van der Waals surface area contributed by atoms with E-state index >= 15 is 0 Å². The first kappa shape index (κ1) is 17.6. The number of rotatable bonds is 6. The average Bonchev–Trinajstić information content (AvgIpc) is 3.18. The van der Waals surface area contributed by atoms with E-state index in [4.69, 9.17) is 4.74 Å². The smallest absolute Gasteiger partial charge is 0.244 e. The average molecular weight is 360 g/mol. The molecule has 0 spiro atoms. The Morgan fingerprint density at radius 3 is 2.36 bits per heavy atom. The fourth-order valence-electron chi connectivity index (χ4n) is 2.69. The third-order valence-electron chi connectivity index (χ3n) is 4.13. The number of pyridine rings is 1. The van der Waals surface area contributed by atoms with Crippen LogP contribution in [0.5, 0.6) is 11.6 Å². The summed E-state index contributed by atoms with van der Waals surface area (Å²) < 4.78 is 32.0. The molecule has 132 valence electrons. The van der Waals surface area contributed by atoms with Crippen LogP contribution in [0.3, 0.4) is 0 Å². The zero-order valence-corrected chi connectivity index (χ0v) is 14.8. The molecule has 0 unspecified atom stereocenters. The van der Waals surface area contributed by atoms with Gasteiger partial charge in [0.25, 0.3) is 0 Å². The van der Waals surface area contributed by atoms with Crippen LogP contribution in [-0.2, 0) is 10.0 Å². The second-order valence-electron chi connectivity index (χ2n) is 5.85. The van der Waals surface area contributed by atoms with Gasteiger partial charge in [0.2, 0.25) is 15.9 Å². The van der Waals surface area contributed by atoms with Gasteiger partial charge in [0.05, 0.1) is 6.20 Å². The molecule has 25 heavy (non-hydrogen) atoms. The summed E-state index contributed by atoms with van der Waals surface area (Å²) >= 11 is 0. The Bertz CT molecular complexity index is 840. The van der Waals surface area contributed by atoms with Crippen LogP contribution in [0.15, 0.2) is 47.5 Å². The Balaban J connectivity index is 1.71. The van der Waals surface area contributed by atoms with E-state index in [1.165, 1.54) is 22.6 Å². The van der Waals surface area contributed by atoms with Gasteiger partial charge >= 0.3 is 0 Å². The van der Waals surface area contributed by atoms with Crippen LogP contribution in [0.4, 0.5) is 0 Å². The van der Waals surface area contributed by atoms with Crippen LogP contribution in [0, 0.1) is 0 Å². The van der Waals surface area contributed by atoms with Crippen LogP contribution in [0.25, 0.3) is 0 Å². The Morgan fingerprint density at radius 2 is 1.80 bits per heavy atom. The molecule has 1 saturated heterocycles. The van der Waals surface area contributed by atoms with Crippen molar-refractivity contribution in [2.75, 3.05) is 13.1 Å². The number of nitrogens with zero attached hydrogens (tertiary/aromatic N) is 2. The summed E-state index contributed by atoms with van der Waals surface area (Å²) in [4.78, 5) is 15.9. The van der Waals surface area contributed by atoms with E-state index in [1.807, 2.05) is 6.92 Å². The van der Waals surface area contributed by atoms with Gasteiger partial charge in [0, 0.05) is 31.1 Å². The van der Waals surface area contributed by atoms with Gasteiger partial charge in [-0.3, -0.25) is 4.79 Å². The number of ketones is 1. The molecule has 1 aliphatic rings. The van der Waals surface area contributed by atoms with Crippen LogP contribution in [-0.4, -0.2) is 36.6 Å². The topological polar surface area (TPSA) is 76.6 Å². The summed E-state index contributed by atoms with van der Waals surface area (Å²) in [6, 6.07) is 9.83. The number of Topliss-reactive ketones (excluding diaryl/α,β-unsaturated/α-hetero) is 1. The fraction of sp³-hybridized carbons (Fsp3) is 0.333. The minimum absolute atomic E-state index is 0.0705.